The molecule has 0 saturated carbocycles. The first-order valence-electron chi connectivity index (χ1n) is 6.28. The zero-order chi connectivity index (χ0) is 15.2. The van der Waals surface area contributed by atoms with Crippen LogP contribution >= 0.6 is 15.9 Å². The van der Waals surface area contributed by atoms with Gasteiger partial charge < -0.3 is 14.2 Å². The minimum Gasteiger partial charge on any atom is -0.497 e. The van der Waals surface area contributed by atoms with Crippen LogP contribution in [0.3, 0.4) is 0 Å². The molecule has 2 rings (SSSR count). The average Bonchev–Trinajstić information content (AvgIpc) is 2.53. The molecular formula is C16H15BrO4. The van der Waals surface area contributed by atoms with Crippen LogP contribution in [0.1, 0.15) is 10.4 Å². The zero-order valence-corrected chi connectivity index (χ0v) is 13.3. The molecule has 0 aliphatic rings. The van der Waals surface area contributed by atoms with Crippen LogP contribution in [0.4, 0.5) is 0 Å². The molecule has 0 spiro atoms. The second-order valence-corrected chi connectivity index (χ2v) is 5.07. The summed E-state index contributed by atoms with van der Waals surface area (Å²) in [5, 5.41) is 0. The van der Waals surface area contributed by atoms with E-state index in [2.05, 4.69) is 15.9 Å². The molecule has 2 aromatic carbocycles. The van der Waals surface area contributed by atoms with E-state index in [4.69, 9.17) is 14.2 Å². The van der Waals surface area contributed by atoms with Crippen LogP contribution in [0.15, 0.2) is 46.9 Å². The normalized spacial score (nSPS) is 10.0. The quantitative estimate of drug-likeness (QED) is 0.744. The Balaban J connectivity index is 2.07. The molecule has 0 amide bonds. The number of hydrogen-bond donors (Lipinski definition) is 0. The number of benzene rings is 2. The fraction of sp³-hybridized carbons (Fsp3) is 0.188. The van der Waals surface area contributed by atoms with Crippen molar-refractivity contribution in [2.75, 3.05) is 20.8 Å². The van der Waals surface area contributed by atoms with E-state index in [1.807, 2.05) is 12.1 Å². The molecule has 0 aliphatic carbocycles. The van der Waals surface area contributed by atoms with E-state index < -0.39 is 0 Å². The minimum atomic E-state index is -0.115. The lowest BCUT2D eigenvalue weighted by molar-refractivity contribution is 0.0919. The molecular weight excluding hydrogens is 336 g/mol. The van der Waals surface area contributed by atoms with Crippen molar-refractivity contribution in [1.82, 2.24) is 0 Å². The second-order valence-electron chi connectivity index (χ2n) is 4.21. The van der Waals surface area contributed by atoms with Gasteiger partial charge in [0.15, 0.2) is 23.9 Å². The summed E-state index contributed by atoms with van der Waals surface area (Å²) in [7, 11) is 3.14. The molecule has 4 nitrogen and oxygen atoms in total. The summed E-state index contributed by atoms with van der Waals surface area (Å²) in [5.74, 6) is 1.68. The second kappa shape index (κ2) is 7.13. The number of rotatable bonds is 6. The number of ether oxygens (including phenoxy) is 3. The summed E-state index contributed by atoms with van der Waals surface area (Å²) >= 11 is 3.38. The van der Waals surface area contributed by atoms with E-state index in [0.717, 1.165) is 4.47 Å². The summed E-state index contributed by atoms with van der Waals surface area (Å²) in [6.45, 7) is -0.0642. The van der Waals surface area contributed by atoms with Crippen molar-refractivity contribution in [3.8, 4) is 17.2 Å². The van der Waals surface area contributed by atoms with Gasteiger partial charge in [-0.15, -0.1) is 0 Å². The highest BCUT2D eigenvalue weighted by atomic mass is 79.9. The number of hydrogen-bond acceptors (Lipinski definition) is 4. The molecule has 21 heavy (non-hydrogen) atoms. The topological polar surface area (TPSA) is 44.8 Å². The molecule has 0 unspecified atom stereocenters. The Labute approximate surface area is 131 Å². The van der Waals surface area contributed by atoms with Crippen LogP contribution in [0, 0.1) is 0 Å². The van der Waals surface area contributed by atoms with E-state index in [-0.39, 0.29) is 12.4 Å². The number of methoxy groups -OCH3 is 2. The highest BCUT2D eigenvalue weighted by molar-refractivity contribution is 9.10. The maximum atomic E-state index is 12.1. The highest BCUT2D eigenvalue weighted by Crippen LogP contribution is 2.34. The first-order valence-corrected chi connectivity index (χ1v) is 7.07. The molecule has 0 heterocycles. The van der Waals surface area contributed by atoms with Gasteiger partial charge in [0.1, 0.15) is 5.75 Å². The molecule has 5 heteroatoms. The molecule has 0 N–H and O–H groups in total. The lowest BCUT2D eigenvalue weighted by atomic mass is 10.1. The van der Waals surface area contributed by atoms with Gasteiger partial charge in [0, 0.05) is 5.56 Å². The first-order chi connectivity index (χ1) is 10.2. The largest absolute Gasteiger partial charge is 0.497 e. The Kier molecular flexibility index (Phi) is 5.22. The number of carbonyl (C=O) groups is 1. The molecule has 0 aromatic heterocycles. The molecule has 0 radical (unpaired) electrons. The number of carbonyl (C=O) groups excluding carboxylic acids is 1. The van der Waals surface area contributed by atoms with E-state index in [0.29, 0.717) is 22.8 Å². The van der Waals surface area contributed by atoms with E-state index in [1.54, 1.807) is 44.6 Å². The predicted molar refractivity (Wildman–Crippen MR) is 83.5 cm³/mol. The summed E-state index contributed by atoms with van der Waals surface area (Å²) in [5.41, 5.74) is 0.571. The van der Waals surface area contributed by atoms with E-state index in [9.17, 15) is 4.79 Å². The summed E-state index contributed by atoms with van der Waals surface area (Å²) in [6, 6.07) is 12.3. The van der Waals surface area contributed by atoms with E-state index in [1.165, 1.54) is 0 Å². The van der Waals surface area contributed by atoms with Gasteiger partial charge in [0.05, 0.1) is 18.7 Å². The third-order valence-corrected chi connectivity index (χ3v) is 3.53. The van der Waals surface area contributed by atoms with Gasteiger partial charge in [-0.25, -0.2) is 0 Å². The Morgan fingerprint density at radius 2 is 1.76 bits per heavy atom. The number of ketones is 1. The lowest BCUT2D eigenvalue weighted by Gasteiger charge is -2.11. The lowest BCUT2D eigenvalue weighted by Crippen LogP contribution is -2.12. The van der Waals surface area contributed by atoms with Crippen LogP contribution in [0.25, 0.3) is 0 Å². The monoisotopic (exact) mass is 350 g/mol. The molecule has 2 aromatic rings. The van der Waals surface area contributed by atoms with Crippen LogP contribution in [-0.2, 0) is 0 Å². The maximum absolute atomic E-state index is 12.1. The molecule has 0 bridgehead atoms. The van der Waals surface area contributed by atoms with Crippen LogP contribution in [0.2, 0.25) is 0 Å². The van der Waals surface area contributed by atoms with Gasteiger partial charge in [0.2, 0.25) is 0 Å². The van der Waals surface area contributed by atoms with Gasteiger partial charge in [-0.1, -0.05) is 6.07 Å². The maximum Gasteiger partial charge on any atom is 0.200 e. The van der Waals surface area contributed by atoms with Crippen molar-refractivity contribution in [2.45, 2.75) is 0 Å². The molecule has 0 atom stereocenters. The summed E-state index contributed by atoms with van der Waals surface area (Å²) in [4.78, 5) is 12.1. The van der Waals surface area contributed by atoms with Crippen molar-refractivity contribution in [2.24, 2.45) is 0 Å². The number of halogens is 1. The van der Waals surface area contributed by atoms with Gasteiger partial charge in [-0.3, -0.25) is 4.79 Å². The van der Waals surface area contributed by atoms with Crippen molar-refractivity contribution in [1.29, 1.82) is 0 Å². The van der Waals surface area contributed by atoms with Crippen molar-refractivity contribution < 1.29 is 19.0 Å². The Morgan fingerprint density at radius 3 is 2.38 bits per heavy atom. The minimum absolute atomic E-state index is 0.0642. The standard InChI is InChI=1S/C16H15BrO4/c1-19-12-8-6-11(7-9-12)14(18)10-21-16-13(17)4-3-5-15(16)20-2/h3-9H,10H2,1-2H3. The van der Waals surface area contributed by atoms with Crippen molar-refractivity contribution >= 4 is 21.7 Å². The highest BCUT2D eigenvalue weighted by Gasteiger charge is 2.12. The Bertz CT molecular complexity index is 623. The van der Waals surface area contributed by atoms with Crippen molar-refractivity contribution in [3.05, 3.63) is 52.5 Å². The smallest absolute Gasteiger partial charge is 0.200 e. The Morgan fingerprint density at radius 1 is 1.05 bits per heavy atom. The SMILES string of the molecule is COc1ccc(C(=O)COc2c(Br)cccc2OC)cc1. The fourth-order valence-corrected chi connectivity index (χ4v) is 2.25. The van der Waals surface area contributed by atoms with Crippen LogP contribution in [0.5, 0.6) is 17.2 Å². The zero-order valence-electron chi connectivity index (χ0n) is 11.8. The van der Waals surface area contributed by atoms with Crippen LogP contribution in [-0.4, -0.2) is 26.6 Å². The molecule has 0 aliphatic heterocycles. The van der Waals surface area contributed by atoms with Crippen molar-refractivity contribution in [3.63, 3.8) is 0 Å². The molecule has 110 valence electrons. The Hall–Kier alpha value is -2.01. The molecule has 0 fully saturated rings. The van der Waals surface area contributed by atoms with Gasteiger partial charge >= 0.3 is 0 Å². The van der Waals surface area contributed by atoms with Gasteiger partial charge in [0.25, 0.3) is 0 Å². The third kappa shape index (κ3) is 3.76. The molecule has 0 saturated heterocycles. The summed E-state index contributed by atoms with van der Waals surface area (Å²) < 4.78 is 16.6. The predicted octanol–water partition coefficient (Wildman–Crippen LogP) is 3.73. The summed E-state index contributed by atoms with van der Waals surface area (Å²) in [6.07, 6.45) is 0. The van der Waals surface area contributed by atoms with Gasteiger partial charge in [-0.05, 0) is 52.3 Å². The van der Waals surface area contributed by atoms with Crippen LogP contribution < -0.4 is 14.2 Å². The average molecular weight is 351 g/mol. The van der Waals surface area contributed by atoms with E-state index >= 15 is 0 Å². The fourth-order valence-electron chi connectivity index (χ4n) is 1.79. The van der Waals surface area contributed by atoms with Gasteiger partial charge in [-0.2, -0.15) is 0 Å². The number of Topliss-reactive ketones (excluding diaryl/α,β-unsaturated/α-hetero) is 1. The first kappa shape index (κ1) is 15.4. The number of para-hydroxylation sites is 1. The third-order valence-electron chi connectivity index (χ3n) is 2.91.